The molecule has 4 heteroatoms. The van der Waals surface area contributed by atoms with Crippen LogP contribution in [0.15, 0.2) is 53.4 Å². The molecular weight excluding hydrogens is 341 g/mol. The third-order valence-corrected chi connectivity index (χ3v) is 12.3. The van der Waals surface area contributed by atoms with Gasteiger partial charge in [0.15, 0.2) is 0 Å². The molecule has 0 aliphatic rings. The molecule has 0 aliphatic heterocycles. The summed E-state index contributed by atoms with van der Waals surface area (Å²) in [5.41, 5.74) is 3.46. The summed E-state index contributed by atoms with van der Waals surface area (Å²) in [6.07, 6.45) is 2.44. The molecule has 0 bridgehead atoms. The number of nitrogens with one attached hydrogen (secondary N) is 1. The summed E-state index contributed by atoms with van der Waals surface area (Å²) >= 11 is 0. The number of hydrogen-bond acceptors (Lipinski definition) is 1. The molecule has 1 nitrogen and oxygen atoms in total. The fourth-order valence-electron chi connectivity index (χ4n) is 3.23. The number of halogens is 1. The van der Waals surface area contributed by atoms with Gasteiger partial charge in [0, 0.05) is 12.2 Å². The molecular formula is C21H30FNSi2. The van der Waals surface area contributed by atoms with E-state index in [0.29, 0.717) is 0 Å². The first-order valence-corrected chi connectivity index (χ1v) is 15.9. The Labute approximate surface area is 154 Å². The van der Waals surface area contributed by atoms with Crippen LogP contribution in [0.1, 0.15) is 11.1 Å². The highest BCUT2D eigenvalue weighted by atomic mass is 28.4. The Balaban J connectivity index is 2.10. The van der Waals surface area contributed by atoms with E-state index in [1.807, 2.05) is 0 Å². The van der Waals surface area contributed by atoms with Crippen LogP contribution < -0.4 is 5.32 Å². The molecule has 0 aliphatic carbocycles. The maximum Gasteiger partial charge on any atom is 0.123 e. The summed E-state index contributed by atoms with van der Waals surface area (Å²) < 4.78 is 12.9. The van der Waals surface area contributed by atoms with Crippen molar-refractivity contribution >= 4 is 27.9 Å². The van der Waals surface area contributed by atoms with Crippen LogP contribution in [0.3, 0.4) is 0 Å². The summed E-state index contributed by atoms with van der Waals surface area (Å²) in [6, 6.07) is 15.3. The second-order valence-corrected chi connectivity index (χ2v) is 19.2. The topological polar surface area (TPSA) is 12.0 Å². The first kappa shape index (κ1) is 19.7. The lowest BCUT2D eigenvalue weighted by molar-refractivity contribution is 0.628. The minimum atomic E-state index is -1.30. The Kier molecular flexibility index (Phi) is 6.06. The van der Waals surface area contributed by atoms with Gasteiger partial charge in [-0.15, -0.1) is 0 Å². The van der Waals surface area contributed by atoms with E-state index in [2.05, 4.69) is 74.9 Å². The van der Waals surface area contributed by atoms with Gasteiger partial charge in [0.05, 0.1) is 16.1 Å². The van der Waals surface area contributed by atoms with Crippen molar-refractivity contribution in [2.24, 2.45) is 0 Å². The molecule has 1 N–H and O–H groups in total. The van der Waals surface area contributed by atoms with Gasteiger partial charge in [-0.3, -0.25) is 0 Å². The van der Waals surface area contributed by atoms with Gasteiger partial charge in [0.1, 0.15) is 5.82 Å². The molecule has 0 saturated heterocycles. The van der Waals surface area contributed by atoms with Gasteiger partial charge in [-0.1, -0.05) is 74.4 Å². The summed E-state index contributed by atoms with van der Waals surface area (Å²) in [7, 11) is -2.61. The van der Waals surface area contributed by atoms with Gasteiger partial charge in [-0.25, -0.2) is 4.39 Å². The van der Waals surface area contributed by atoms with Crippen LogP contribution in [0.4, 0.5) is 10.1 Å². The highest BCUT2D eigenvalue weighted by Crippen LogP contribution is 2.27. The predicted molar refractivity (Wildman–Crippen MR) is 115 cm³/mol. The van der Waals surface area contributed by atoms with Crippen molar-refractivity contribution in [1.82, 2.24) is 0 Å². The lowest BCUT2D eigenvalue weighted by Gasteiger charge is -2.31. The SMILES string of the molecule is C[Si](C)(C)C(=Cc1ccc(CNc2ccc(F)cc2)cc1)[Si](C)(C)C. The molecule has 0 fully saturated rings. The first-order valence-electron chi connectivity index (χ1n) is 8.87. The zero-order valence-corrected chi connectivity index (χ0v) is 18.3. The number of rotatable bonds is 6. The molecule has 0 atom stereocenters. The maximum absolute atomic E-state index is 12.9. The third-order valence-electron chi connectivity index (χ3n) is 4.25. The van der Waals surface area contributed by atoms with Crippen LogP contribution in [0, 0.1) is 5.82 Å². The number of anilines is 1. The molecule has 25 heavy (non-hydrogen) atoms. The minimum Gasteiger partial charge on any atom is -0.381 e. The van der Waals surface area contributed by atoms with Crippen molar-refractivity contribution in [3.05, 3.63) is 70.3 Å². The van der Waals surface area contributed by atoms with Crippen LogP contribution in [-0.4, -0.2) is 16.1 Å². The number of hydrogen-bond donors (Lipinski definition) is 1. The van der Waals surface area contributed by atoms with E-state index in [1.54, 1.807) is 17.0 Å². The monoisotopic (exact) mass is 371 g/mol. The molecule has 0 saturated carbocycles. The zero-order chi connectivity index (χ0) is 18.7. The van der Waals surface area contributed by atoms with Crippen molar-refractivity contribution < 1.29 is 4.39 Å². The summed E-state index contributed by atoms with van der Waals surface area (Å²) in [5.74, 6) is -0.206. The van der Waals surface area contributed by atoms with Crippen molar-refractivity contribution in [2.45, 2.75) is 45.8 Å². The van der Waals surface area contributed by atoms with Gasteiger partial charge in [-0.05, 0) is 35.4 Å². The summed E-state index contributed by atoms with van der Waals surface area (Å²) in [6.45, 7) is 15.4. The predicted octanol–water partition coefficient (Wildman–Crippen LogP) is 6.58. The Bertz CT molecular complexity index is 704. The van der Waals surface area contributed by atoms with E-state index in [9.17, 15) is 4.39 Å². The van der Waals surface area contributed by atoms with Gasteiger partial charge in [0.2, 0.25) is 0 Å². The van der Waals surface area contributed by atoms with E-state index < -0.39 is 16.1 Å². The van der Waals surface area contributed by atoms with Gasteiger partial charge in [0.25, 0.3) is 0 Å². The zero-order valence-electron chi connectivity index (χ0n) is 16.3. The van der Waals surface area contributed by atoms with Crippen LogP contribution in [0.2, 0.25) is 39.3 Å². The van der Waals surface area contributed by atoms with Crippen LogP contribution >= 0.6 is 0 Å². The van der Waals surface area contributed by atoms with E-state index in [1.165, 1.54) is 23.3 Å². The molecule has 2 aromatic carbocycles. The van der Waals surface area contributed by atoms with E-state index >= 15 is 0 Å². The van der Waals surface area contributed by atoms with Crippen molar-refractivity contribution in [1.29, 1.82) is 0 Å². The minimum absolute atomic E-state index is 0.206. The Hall–Kier alpha value is -1.66. The normalized spacial score (nSPS) is 12.0. The molecule has 0 heterocycles. The van der Waals surface area contributed by atoms with Crippen molar-refractivity contribution in [3.63, 3.8) is 0 Å². The van der Waals surface area contributed by atoms with Crippen LogP contribution in [0.25, 0.3) is 6.08 Å². The summed E-state index contributed by atoms with van der Waals surface area (Å²) in [4.78, 5) is 1.72. The fraction of sp³-hybridized carbons (Fsp3) is 0.333. The Morgan fingerprint density at radius 2 is 1.36 bits per heavy atom. The average Bonchev–Trinajstić information content (AvgIpc) is 2.51. The van der Waals surface area contributed by atoms with Gasteiger partial charge in [-0.2, -0.15) is 0 Å². The highest BCUT2D eigenvalue weighted by molar-refractivity contribution is 7.05. The fourth-order valence-corrected chi connectivity index (χ4v) is 13.4. The van der Waals surface area contributed by atoms with Crippen molar-refractivity contribution in [3.8, 4) is 0 Å². The second-order valence-electron chi connectivity index (χ2n) is 8.66. The molecule has 2 rings (SSSR count). The number of benzene rings is 2. The van der Waals surface area contributed by atoms with E-state index in [0.717, 1.165) is 12.2 Å². The summed E-state index contributed by atoms with van der Waals surface area (Å²) in [5, 5.41) is 3.33. The largest absolute Gasteiger partial charge is 0.381 e. The molecule has 134 valence electrons. The maximum atomic E-state index is 12.9. The quantitative estimate of drug-likeness (QED) is 0.566. The third kappa shape index (κ3) is 5.97. The lowest BCUT2D eigenvalue weighted by Crippen LogP contribution is -2.39. The second kappa shape index (κ2) is 7.71. The van der Waals surface area contributed by atoms with Crippen molar-refractivity contribution in [2.75, 3.05) is 5.32 Å². The van der Waals surface area contributed by atoms with E-state index in [-0.39, 0.29) is 5.82 Å². The molecule has 0 amide bonds. The molecule has 0 unspecified atom stereocenters. The molecule has 0 radical (unpaired) electrons. The molecule has 2 aromatic rings. The molecule has 0 spiro atoms. The van der Waals surface area contributed by atoms with E-state index in [4.69, 9.17) is 0 Å². The highest BCUT2D eigenvalue weighted by Gasteiger charge is 2.30. The smallest absolute Gasteiger partial charge is 0.123 e. The lowest BCUT2D eigenvalue weighted by atomic mass is 10.1. The Morgan fingerprint density at radius 3 is 1.84 bits per heavy atom. The van der Waals surface area contributed by atoms with Gasteiger partial charge >= 0.3 is 0 Å². The standard InChI is InChI=1S/C21H30FNSi2/c1-24(2,3)21(25(4,5)6)15-17-7-9-18(10-8-17)16-23-20-13-11-19(22)12-14-20/h7-15,23H,16H2,1-6H3. The van der Waals surface area contributed by atoms with Gasteiger partial charge < -0.3 is 5.32 Å². The van der Waals surface area contributed by atoms with Crippen LogP contribution in [-0.2, 0) is 6.54 Å². The van der Waals surface area contributed by atoms with Crippen LogP contribution in [0.5, 0.6) is 0 Å². The average molecular weight is 372 g/mol. The molecule has 0 aromatic heterocycles. The Morgan fingerprint density at radius 1 is 0.840 bits per heavy atom. The first-order chi connectivity index (χ1) is 11.6.